The van der Waals surface area contributed by atoms with Gasteiger partial charge < -0.3 is 21.1 Å². The van der Waals surface area contributed by atoms with E-state index in [4.69, 9.17) is 27.5 Å². The second-order valence-corrected chi connectivity index (χ2v) is 6.62. The van der Waals surface area contributed by atoms with Crippen molar-refractivity contribution in [2.24, 2.45) is 5.73 Å². The highest BCUT2D eigenvalue weighted by atomic mass is 35.5. The minimum absolute atomic E-state index is 0.0245. The lowest BCUT2D eigenvalue weighted by Gasteiger charge is -2.17. The van der Waals surface area contributed by atoms with Crippen LogP contribution in [0.15, 0.2) is 54.6 Å². The number of nitrogens with one attached hydrogen (secondary N) is 3. The van der Waals surface area contributed by atoms with Gasteiger partial charge in [-0.05, 0) is 41.4 Å². The SMILES string of the molecule is COC(=O)[C@@H](Cc1ccccc1)Nc1nc(Cl)nc(Nc2ccc(C(=N)N)cc2)n1. The predicted octanol–water partition coefficient (Wildman–Crippen LogP) is 2.75. The molecule has 0 spiro atoms. The third kappa shape index (κ3) is 5.65. The molecule has 0 saturated heterocycles. The fraction of sp³-hybridized carbons (Fsp3) is 0.150. The van der Waals surface area contributed by atoms with Crippen LogP contribution in [0.5, 0.6) is 0 Å². The van der Waals surface area contributed by atoms with E-state index in [2.05, 4.69) is 25.6 Å². The van der Waals surface area contributed by atoms with Gasteiger partial charge in [-0.2, -0.15) is 15.0 Å². The van der Waals surface area contributed by atoms with Crippen LogP contribution in [0.1, 0.15) is 11.1 Å². The van der Waals surface area contributed by atoms with Crippen molar-refractivity contribution in [1.29, 1.82) is 5.41 Å². The molecule has 9 nitrogen and oxygen atoms in total. The Morgan fingerprint density at radius 2 is 1.77 bits per heavy atom. The Labute approximate surface area is 178 Å². The summed E-state index contributed by atoms with van der Waals surface area (Å²) in [5.74, 6) is -0.159. The number of nitrogen functional groups attached to an aromatic ring is 1. The summed E-state index contributed by atoms with van der Waals surface area (Å²) in [4.78, 5) is 24.6. The molecule has 0 aliphatic heterocycles. The molecule has 3 aromatic rings. The van der Waals surface area contributed by atoms with Gasteiger partial charge in [-0.1, -0.05) is 30.3 Å². The fourth-order valence-electron chi connectivity index (χ4n) is 2.67. The van der Waals surface area contributed by atoms with Gasteiger partial charge in [0.25, 0.3) is 0 Å². The van der Waals surface area contributed by atoms with Crippen molar-refractivity contribution >= 4 is 41.0 Å². The van der Waals surface area contributed by atoms with Crippen molar-refractivity contribution < 1.29 is 9.53 Å². The number of aromatic nitrogens is 3. The number of nitrogens with two attached hydrogens (primary N) is 1. The van der Waals surface area contributed by atoms with Crippen molar-refractivity contribution in [3.63, 3.8) is 0 Å². The monoisotopic (exact) mass is 425 g/mol. The summed E-state index contributed by atoms with van der Waals surface area (Å²) in [6.07, 6.45) is 0.381. The van der Waals surface area contributed by atoms with Crippen LogP contribution in [0, 0.1) is 5.41 Å². The third-order valence-electron chi connectivity index (χ3n) is 4.13. The van der Waals surface area contributed by atoms with Crippen LogP contribution in [-0.4, -0.2) is 39.9 Å². The van der Waals surface area contributed by atoms with E-state index in [9.17, 15) is 4.79 Å². The number of amidine groups is 1. The maximum absolute atomic E-state index is 12.2. The van der Waals surface area contributed by atoms with Crippen LogP contribution >= 0.6 is 11.6 Å². The lowest BCUT2D eigenvalue weighted by Crippen LogP contribution is -2.33. The zero-order chi connectivity index (χ0) is 21.5. The van der Waals surface area contributed by atoms with Gasteiger partial charge in [0.15, 0.2) is 0 Å². The number of rotatable bonds is 8. The van der Waals surface area contributed by atoms with Crippen molar-refractivity contribution in [1.82, 2.24) is 15.0 Å². The number of anilines is 3. The van der Waals surface area contributed by atoms with E-state index in [0.717, 1.165) is 5.56 Å². The van der Waals surface area contributed by atoms with Gasteiger partial charge >= 0.3 is 5.97 Å². The van der Waals surface area contributed by atoms with Crippen molar-refractivity contribution in [2.45, 2.75) is 12.5 Å². The molecule has 3 rings (SSSR count). The molecule has 10 heteroatoms. The van der Waals surface area contributed by atoms with Gasteiger partial charge in [0.2, 0.25) is 17.2 Å². The van der Waals surface area contributed by atoms with E-state index in [0.29, 0.717) is 17.7 Å². The second-order valence-electron chi connectivity index (χ2n) is 6.28. The van der Waals surface area contributed by atoms with Gasteiger partial charge in [0.05, 0.1) is 7.11 Å². The normalized spacial score (nSPS) is 11.4. The average molecular weight is 426 g/mol. The third-order valence-corrected chi connectivity index (χ3v) is 4.30. The maximum atomic E-state index is 12.2. The Kier molecular flexibility index (Phi) is 6.76. The zero-order valence-corrected chi connectivity index (χ0v) is 16.8. The first-order valence-electron chi connectivity index (χ1n) is 8.96. The first-order chi connectivity index (χ1) is 14.4. The summed E-state index contributed by atoms with van der Waals surface area (Å²) < 4.78 is 4.89. The fourth-order valence-corrected chi connectivity index (χ4v) is 2.83. The van der Waals surface area contributed by atoms with Gasteiger partial charge in [0.1, 0.15) is 11.9 Å². The molecule has 0 aliphatic rings. The molecule has 0 aliphatic carbocycles. The largest absolute Gasteiger partial charge is 0.467 e. The number of esters is 1. The quantitative estimate of drug-likeness (QED) is 0.245. The van der Waals surface area contributed by atoms with Crippen molar-refractivity contribution in [3.05, 3.63) is 71.0 Å². The van der Waals surface area contributed by atoms with Crippen LogP contribution in [0.25, 0.3) is 0 Å². The number of methoxy groups -OCH3 is 1. The van der Waals surface area contributed by atoms with Crippen LogP contribution in [0.3, 0.4) is 0 Å². The molecule has 154 valence electrons. The number of ether oxygens (including phenoxy) is 1. The molecule has 1 heterocycles. The van der Waals surface area contributed by atoms with Gasteiger partial charge in [-0.3, -0.25) is 5.41 Å². The Balaban J connectivity index is 1.78. The molecule has 1 aromatic heterocycles. The highest BCUT2D eigenvalue weighted by Gasteiger charge is 2.21. The topological polar surface area (TPSA) is 139 Å². The van der Waals surface area contributed by atoms with Crippen LogP contribution in [0.2, 0.25) is 5.28 Å². The van der Waals surface area contributed by atoms with E-state index in [1.807, 2.05) is 30.3 Å². The Morgan fingerprint density at radius 1 is 1.10 bits per heavy atom. The highest BCUT2D eigenvalue weighted by molar-refractivity contribution is 6.28. The second kappa shape index (κ2) is 9.66. The number of hydrogen-bond acceptors (Lipinski definition) is 8. The van der Waals surface area contributed by atoms with E-state index >= 15 is 0 Å². The average Bonchev–Trinajstić information content (AvgIpc) is 2.73. The van der Waals surface area contributed by atoms with E-state index in [1.54, 1.807) is 24.3 Å². The highest BCUT2D eigenvalue weighted by Crippen LogP contribution is 2.18. The number of carbonyl (C=O) groups is 1. The molecule has 0 fully saturated rings. The number of nitrogens with zero attached hydrogens (tertiary/aromatic N) is 3. The molecule has 0 bridgehead atoms. The number of hydrogen-bond donors (Lipinski definition) is 4. The molecule has 1 atom stereocenters. The standard InChI is InChI=1S/C20H20ClN7O2/c1-30-17(29)15(11-12-5-3-2-4-6-12)25-20-27-18(21)26-19(28-20)24-14-9-7-13(8-10-14)16(22)23/h2-10,15H,11H2,1H3,(H3,22,23)(H2,24,25,26,27,28)/t15-/m1/s1. The molecule has 5 N–H and O–H groups in total. The minimum atomic E-state index is -0.710. The van der Waals surface area contributed by atoms with Crippen LogP contribution in [0.4, 0.5) is 17.6 Å². The zero-order valence-electron chi connectivity index (χ0n) is 16.1. The van der Waals surface area contributed by atoms with Crippen molar-refractivity contribution in [2.75, 3.05) is 17.7 Å². The Morgan fingerprint density at radius 3 is 2.40 bits per heavy atom. The summed E-state index contributed by atoms with van der Waals surface area (Å²) >= 11 is 6.04. The van der Waals surface area contributed by atoms with Crippen LogP contribution in [-0.2, 0) is 16.0 Å². The lowest BCUT2D eigenvalue weighted by atomic mass is 10.1. The summed E-state index contributed by atoms with van der Waals surface area (Å²) in [7, 11) is 1.32. The lowest BCUT2D eigenvalue weighted by molar-refractivity contribution is -0.141. The molecule has 30 heavy (non-hydrogen) atoms. The maximum Gasteiger partial charge on any atom is 0.328 e. The number of benzene rings is 2. The minimum Gasteiger partial charge on any atom is -0.467 e. The smallest absolute Gasteiger partial charge is 0.328 e. The molecule has 0 saturated carbocycles. The van der Waals surface area contributed by atoms with Gasteiger partial charge in [-0.15, -0.1) is 0 Å². The van der Waals surface area contributed by atoms with Gasteiger partial charge in [-0.25, -0.2) is 4.79 Å². The van der Waals surface area contributed by atoms with Gasteiger partial charge in [0, 0.05) is 17.7 Å². The Hall–Kier alpha value is -3.72. The molecular formula is C20H20ClN7O2. The first-order valence-corrected chi connectivity index (χ1v) is 9.33. The summed E-state index contributed by atoms with van der Waals surface area (Å²) in [6, 6.07) is 15.6. The van der Waals surface area contributed by atoms with E-state index in [-0.39, 0.29) is 23.0 Å². The summed E-state index contributed by atoms with van der Waals surface area (Å²) in [5, 5.41) is 13.4. The molecule has 0 radical (unpaired) electrons. The Bertz CT molecular complexity index is 1030. The first kappa shape index (κ1) is 21.0. The predicted molar refractivity (Wildman–Crippen MR) is 115 cm³/mol. The molecular weight excluding hydrogens is 406 g/mol. The molecule has 0 unspecified atom stereocenters. The molecule has 0 amide bonds. The number of halogens is 1. The molecule has 2 aromatic carbocycles. The van der Waals surface area contributed by atoms with Crippen LogP contribution < -0.4 is 16.4 Å². The van der Waals surface area contributed by atoms with E-state index in [1.165, 1.54) is 7.11 Å². The summed E-state index contributed by atoms with van der Waals surface area (Å²) in [5.41, 5.74) is 7.67. The summed E-state index contributed by atoms with van der Waals surface area (Å²) in [6.45, 7) is 0. The van der Waals surface area contributed by atoms with Crippen molar-refractivity contribution in [3.8, 4) is 0 Å². The number of carbonyl (C=O) groups excluding carboxylic acids is 1. The van der Waals surface area contributed by atoms with E-state index < -0.39 is 12.0 Å².